The van der Waals surface area contributed by atoms with Crippen LogP contribution in [0.2, 0.25) is 5.02 Å². The highest BCUT2D eigenvalue weighted by molar-refractivity contribution is 7.92. The number of alkyl halides is 3. The van der Waals surface area contributed by atoms with Crippen molar-refractivity contribution in [1.29, 1.82) is 0 Å². The molecule has 1 aliphatic carbocycles. The molecular formula is C36H34ClF4N3O4S. The normalized spacial score (nSPS) is 14.3. The molecule has 1 atom stereocenters. The van der Waals surface area contributed by atoms with Crippen molar-refractivity contribution in [1.82, 2.24) is 10.2 Å². The lowest BCUT2D eigenvalue weighted by Gasteiger charge is -2.34. The average Bonchev–Trinajstić information content (AvgIpc) is 3.59. The molecule has 1 N–H and O–H groups in total. The van der Waals surface area contributed by atoms with Gasteiger partial charge in [-0.15, -0.1) is 0 Å². The molecule has 0 radical (unpaired) electrons. The van der Waals surface area contributed by atoms with Crippen LogP contribution in [0, 0.1) is 5.82 Å². The number of benzene rings is 4. The van der Waals surface area contributed by atoms with Crippen molar-refractivity contribution in [2.24, 2.45) is 0 Å². The Bertz CT molecular complexity index is 1860. The van der Waals surface area contributed by atoms with Crippen LogP contribution >= 0.6 is 11.6 Å². The number of halogens is 5. The molecule has 1 aliphatic rings. The smallest absolute Gasteiger partial charge is 0.352 e. The van der Waals surface area contributed by atoms with E-state index < -0.39 is 57.7 Å². The summed E-state index contributed by atoms with van der Waals surface area (Å²) >= 11 is 6.36. The molecule has 2 amide bonds. The Morgan fingerprint density at radius 1 is 0.857 bits per heavy atom. The Morgan fingerprint density at radius 3 is 2.08 bits per heavy atom. The molecule has 4 aromatic carbocycles. The van der Waals surface area contributed by atoms with Crippen LogP contribution in [0.3, 0.4) is 0 Å². The van der Waals surface area contributed by atoms with E-state index >= 15 is 0 Å². The number of amides is 2. The van der Waals surface area contributed by atoms with E-state index in [1.54, 1.807) is 36.4 Å². The second-order valence-corrected chi connectivity index (χ2v) is 14.1. The fraction of sp³-hybridized carbons (Fsp3) is 0.278. The SMILES string of the molecule is O=C(NC1CCCC1)[C@@H](Cc1ccccc1)N(Cc1ccc(F)cc1)C(=O)CN(c1cc(C(F)(F)F)ccc1Cl)S(=O)(=O)c1ccccc1. The molecule has 0 heterocycles. The lowest BCUT2D eigenvalue weighted by Crippen LogP contribution is -2.54. The molecule has 258 valence electrons. The van der Waals surface area contributed by atoms with Crippen molar-refractivity contribution in [3.63, 3.8) is 0 Å². The summed E-state index contributed by atoms with van der Waals surface area (Å²) in [4.78, 5) is 29.5. The van der Waals surface area contributed by atoms with E-state index in [9.17, 15) is 35.6 Å². The molecule has 7 nitrogen and oxygen atoms in total. The van der Waals surface area contributed by atoms with Crippen molar-refractivity contribution in [3.05, 3.63) is 131 Å². The summed E-state index contributed by atoms with van der Waals surface area (Å²) in [5.41, 5.74) is -0.587. The van der Waals surface area contributed by atoms with E-state index in [-0.39, 0.29) is 28.9 Å². The number of hydrogen-bond acceptors (Lipinski definition) is 4. The fourth-order valence-electron chi connectivity index (χ4n) is 5.82. The average molecular weight is 716 g/mol. The van der Waals surface area contributed by atoms with Crippen LogP contribution in [0.1, 0.15) is 42.4 Å². The third kappa shape index (κ3) is 8.98. The van der Waals surface area contributed by atoms with Gasteiger partial charge in [0.2, 0.25) is 11.8 Å². The molecule has 0 aliphatic heterocycles. The number of anilines is 1. The highest BCUT2D eigenvalue weighted by Crippen LogP contribution is 2.37. The van der Waals surface area contributed by atoms with E-state index in [1.165, 1.54) is 53.4 Å². The topological polar surface area (TPSA) is 86.8 Å². The number of nitrogens with zero attached hydrogens (tertiary/aromatic N) is 2. The summed E-state index contributed by atoms with van der Waals surface area (Å²) in [7, 11) is -4.69. The summed E-state index contributed by atoms with van der Waals surface area (Å²) in [5, 5.41) is 2.69. The van der Waals surface area contributed by atoms with Gasteiger partial charge in [0, 0.05) is 19.0 Å². The predicted molar refractivity (Wildman–Crippen MR) is 179 cm³/mol. The van der Waals surface area contributed by atoms with E-state index in [2.05, 4.69) is 5.32 Å². The maximum Gasteiger partial charge on any atom is 0.416 e. The number of nitrogens with one attached hydrogen (secondary N) is 1. The quantitative estimate of drug-likeness (QED) is 0.155. The molecule has 1 saturated carbocycles. The molecule has 5 rings (SSSR count). The van der Waals surface area contributed by atoms with Gasteiger partial charge in [0.1, 0.15) is 18.4 Å². The highest BCUT2D eigenvalue weighted by atomic mass is 35.5. The van der Waals surface area contributed by atoms with Gasteiger partial charge >= 0.3 is 6.18 Å². The molecule has 0 saturated heterocycles. The van der Waals surface area contributed by atoms with Gasteiger partial charge in [-0.05, 0) is 66.4 Å². The standard InChI is InChI=1S/C36H34ClF4N3O4S/c37-31-20-17-27(36(39,40)41)22-32(31)44(49(47,48)30-13-5-2-6-14-30)24-34(45)43(23-26-15-18-28(38)19-16-26)33(21-25-9-3-1-4-10-25)35(46)42-29-11-7-8-12-29/h1-6,9-10,13-20,22,29,33H,7-8,11-12,21,23-24H2,(H,42,46)/t33-/m1/s1. The minimum atomic E-state index is -4.85. The third-order valence-electron chi connectivity index (χ3n) is 8.39. The summed E-state index contributed by atoms with van der Waals surface area (Å²) in [6, 6.07) is 22.0. The molecule has 0 bridgehead atoms. The lowest BCUT2D eigenvalue weighted by molar-refractivity contribution is -0.140. The van der Waals surface area contributed by atoms with Crippen LogP contribution < -0.4 is 9.62 Å². The van der Waals surface area contributed by atoms with Gasteiger partial charge in [-0.3, -0.25) is 13.9 Å². The predicted octanol–water partition coefficient (Wildman–Crippen LogP) is 7.39. The second-order valence-electron chi connectivity index (χ2n) is 11.8. The highest BCUT2D eigenvalue weighted by Gasteiger charge is 2.38. The molecule has 0 aromatic heterocycles. The van der Waals surface area contributed by atoms with Gasteiger partial charge < -0.3 is 10.2 Å². The van der Waals surface area contributed by atoms with Crippen LogP contribution in [-0.2, 0) is 38.8 Å². The number of carbonyl (C=O) groups is 2. The maximum absolute atomic E-state index is 14.5. The van der Waals surface area contributed by atoms with Crippen molar-refractivity contribution < 1.29 is 35.6 Å². The van der Waals surface area contributed by atoms with Gasteiger partial charge in [0.05, 0.1) is 21.2 Å². The van der Waals surface area contributed by atoms with E-state index in [4.69, 9.17) is 11.6 Å². The zero-order valence-electron chi connectivity index (χ0n) is 26.2. The number of carbonyl (C=O) groups excluding carboxylic acids is 2. The summed E-state index contributed by atoms with van der Waals surface area (Å²) in [5.74, 6) is -1.89. The number of sulfonamides is 1. The largest absolute Gasteiger partial charge is 0.416 e. The van der Waals surface area contributed by atoms with Gasteiger partial charge in [-0.1, -0.05) is 85.1 Å². The zero-order chi connectivity index (χ0) is 35.2. The van der Waals surface area contributed by atoms with E-state index in [0.29, 0.717) is 27.6 Å². The Labute approximate surface area is 287 Å². The summed E-state index contributed by atoms with van der Waals surface area (Å²) in [6.45, 7) is -1.23. The maximum atomic E-state index is 14.5. The first kappa shape index (κ1) is 35.9. The number of hydrogen-bond donors (Lipinski definition) is 1. The minimum Gasteiger partial charge on any atom is -0.352 e. The van der Waals surface area contributed by atoms with Crippen molar-refractivity contribution in [2.45, 2.75) is 61.8 Å². The van der Waals surface area contributed by atoms with E-state index in [1.807, 2.05) is 0 Å². The van der Waals surface area contributed by atoms with Gasteiger partial charge in [0.15, 0.2) is 0 Å². The first-order valence-electron chi connectivity index (χ1n) is 15.7. The van der Waals surface area contributed by atoms with E-state index in [0.717, 1.165) is 31.7 Å². The monoisotopic (exact) mass is 715 g/mol. The van der Waals surface area contributed by atoms with Crippen LogP contribution in [0.4, 0.5) is 23.2 Å². The van der Waals surface area contributed by atoms with Crippen molar-refractivity contribution in [3.8, 4) is 0 Å². The second kappa shape index (κ2) is 15.4. The molecule has 0 unspecified atom stereocenters. The zero-order valence-corrected chi connectivity index (χ0v) is 27.8. The lowest BCUT2D eigenvalue weighted by atomic mass is 10.0. The van der Waals surface area contributed by atoms with Gasteiger partial charge in [0.25, 0.3) is 10.0 Å². The van der Waals surface area contributed by atoms with Gasteiger partial charge in [-0.2, -0.15) is 13.2 Å². The molecule has 13 heteroatoms. The van der Waals surface area contributed by atoms with Crippen LogP contribution in [0.5, 0.6) is 0 Å². The molecule has 1 fully saturated rings. The van der Waals surface area contributed by atoms with Crippen LogP contribution in [0.15, 0.2) is 108 Å². The minimum absolute atomic E-state index is 0.0437. The van der Waals surface area contributed by atoms with Crippen LogP contribution in [0.25, 0.3) is 0 Å². The van der Waals surface area contributed by atoms with Crippen molar-refractivity contribution >= 4 is 39.1 Å². The Hall–Kier alpha value is -4.42. The summed E-state index contributed by atoms with van der Waals surface area (Å²) in [6.07, 6.45) is -1.44. The number of rotatable bonds is 12. The summed E-state index contributed by atoms with van der Waals surface area (Å²) < 4.78 is 84.2. The third-order valence-corrected chi connectivity index (χ3v) is 10.5. The Balaban J connectivity index is 1.61. The Kier molecular flexibility index (Phi) is 11.3. The first-order chi connectivity index (χ1) is 23.3. The Morgan fingerprint density at radius 2 is 1.47 bits per heavy atom. The molecule has 49 heavy (non-hydrogen) atoms. The fourth-order valence-corrected chi connectivity index (χ4v) is 7.54. The van der Waals surface area contributed by atoms with Crippen molar-refractivity contribution in [2.75, 3.05) is 10.8 Å². The molecular weight excluding hydrogens is 682 g/mol. The molecule has 4 aromatic rings. The first-order valence-corrected chi connectivity index (χ1v) is 17.5. The van der Waals surface area contributed by atoms with Gasteiger partial charge in [-0.25, -0.2) is 12.8 Å². The molecule has 0 spiro atoms. The van der Waals surface area contributed by atoms with Crippen LogP contribution in [-0.4, -0.2) is 43.8 Å².